The van der Waals surface area contributed by atoms with Gasteiger partial charge in [0, 0.05) is 48.3 Å². The van der Waals surface area contributed by atoms with Gasteiger partial charge in [-0.1, -0.05) is 24.3 Å². The number of hydrogen-bond donors (Lipinski definition) is 0. The highest BCUT2D eigenvalue weighted by Gasteiger charge is 2.16. The maximum Gasteiger partial charge on any atom is 0.0446 e. The Hall–Kier alpha value is -2.22. The molecular formula is C24H28N2. The molecule has 2 nitrogen and oxygen atoms in total. The van der Waals surface area contributed by atoms with Crippen LogP contribution in [0.4, 0.5) is 11.4 Å². The van der Waals surface area contributed by atoms with Crippen molar-refractivity contribution in [2.45, 2.75) is 38.5 Å². The van der Waals surface area contributed by atoms with Crippen LogP contribution in [0, 0.1) is 0 Å². The van der Waals surface area contributed by atoms with Crippen LogP contribution in [0.1, 0.15) is 38.5 Å². The minimum Gasteiger partial charge on any atom is -0.371 e. The van der Waals surface area contributed by atoms with E-state index in [1.54, 1.807) is 0 Å². The van der Waals surface area contributed by atoms with Crippen molar-refractivity contribution >= 4 is 32.9 Å². The van der Waals surface area contributed by atoms with Gasteiger partial charge in [0.05, 0.1) is 0 Å². The molecule has 2 aliphatic heterocycles. The molecule has 2 fully saturated rings. The fourth-order valence-electron chi connectivity index (χ4n) is 4.84. The van der Waals surface area contributed by atoms with Crippen LogP contribution < -0.4 is 9.80 Å². The Balaban J connectivity index is 1.65. The molecule has 0 spiro atoms. The second-order valence-electron chi connectivity index (χ2n) is 7.94. The van der Waals surface area contributed by atoms with Gasteiger partial charge in [-0.15, -0.1) is 0 Å². The first-order valence-corrected chi connectivity index (χ1v) is 10.4. The first kappa shape index (κ1) is 16.0. The van der Waals surface area contributed by atoms with E-state index in [2.05, 4.69) is 58.3 Å². The second kappa shape index (κ2) is 6.83. The topological polar surface area (TPSA) is 6.48 Å². The zero-order valence-corrected chi connectivity index (χ0v) is 15.6. The predicted octanol–water partition coefficient (Wildman–Crippen LogP) is 5.97. The summed E-state index contributed by atoms with van der Waals surface area (Å²) in [6.45, 7) is 4.80. The minimum absolute atomic E-state index is 1.20. The summed E-state index contributed by atoms with van der Waals surface area (Å²) in [6, 6.07) is 18.5. The number of fused-ring (bicyclic) bond motifs is 2. The summed E-state index contributed by atoms with van der Waals surface area (Å²) in [5, 5.41) is 5.59. The van der Waals surface area contributed by atoms with E-state index in [-0.39, 0.29) is 0 Å². The van der Waals surface area contributed by atoms with Crippen molar-refractivity contribution in [3.05, 3.63) is 48.5 Å². The predicted molar refractivity (Wildman–Crippen MR) is 114 cm³/mol. The van der Waals surface area contributed by atoms with Crippen LogP contribution in [0.25, 0.3) is 21.5 Å². The summed E-state index contributed by atoms with van der Waals surface area (Å²) >= 11 is 0. The monoisotopic (exact) mass is 344 g/mol. The molecule has 26 heavy (non-hydrogen) atoms. The molecule has 0 radical (unpaired) electrons. The molecule has 0 saturated carbocycles. The number of rotatable bonds is 2. The third-order valence-corrected chi connectivity index (χ3v) is 6.23. The van der Waals surface area contributed by atoms with Gasteiger partial charge in [-0.3, -0.25) is 0 Å². The maximum absolute atomic E-state index is 2.59. The van der Waals surface area contributed by atoms with E-state index in [0.717, 1.165) is 0 Å². The molecule has 2 aliphatic rings. The number of hydrogen-bond acceptors (Lipinski definition) is 2. The van der Waals surface area contributed by atoms with Gasteiger partial charge in [0.2, 0.25) is 0 Å². The van der Waals surface area contributed by atoms with Gasteiger partial charge >= 0.3 is 0 Å². The molecule has 3 aromatic rings. The van der Waals surface area contributed by atoms with Crippen molar-refractivity contribution in [1.29, 1.82) is 0 Å². The van der Waals surface area contributed by atoms with Crippen LogP contribution in [0.5, 0.6) is 0 Å². The smallest absolute Gasteiger partial charge is 0.0446 e. The average molecular weight is 345 g/mol. The van der Waals surface area contributed by atoms with Gasteiger partial charge in [-0.2, -0.15) is 0 Å². The Labute approximate surface area is 156 Å². The highest BCUT2D eigenvalue weighted by Crippen LogP contribution is 2.36. The van der Waals surface area contributed by atoms with Gasteiger partial charge in [-0.25, -0.2) is 0 Å². The quantitative estimate of drug-likeness (QED) is 0.528. The molecule has 2 heteroatoms. The number of piperidine rings is 2. The SMILES string of the molecule is c1cc(N2CCCCC2)c2cc3cccc(N4CCCCC4)c3cc2c1. The van der Waals surface area contributed by atoms with Gasteiger partial charge in [0.25, 0.3) is 0 Å². The number of benzene rings is 3. The molecule has 0 aromatic heterocycles. The van der Waals surface area contributed by atoms with Crippen molar-refractivity contribution in [3.8, 4) is 0 Å². The molecule has 0 bridgehead atoms. The lowest BCUT2D eigenvalue weighted by Gasteiger charge is -2.31. The molecule has 134 valence electrons. The van der Waals surface area contributed by atoms with Gasteiger partial charge in [0.15, 0.2) is 0 Å². The lowest BCUT2D eigenvalue weighted by atomic mass is 9.98. The molecule has 0 atom stereocenters. The van der Waals surface area contributed by atoms with Gasteiger partial charge in [0.1, 0.15) is 0 Å². The fourth-order valence-corrected chi connectivity index (χ4v) is 4.84. The molecule has 0 unspecified atom stereocenters. The highest BCUT2D eigenvalue weighted by molar-refractivity contribution is 6.07. The first-order valence-electron chi connectivity index (χ1n) is 10.4. The number of anilines is 2. The Morgan fingerprint density at radius 1 is 0.500 bits per heavy atom. The highest BCUT2D eigenvalue weighted by atomic mass is 15.1. The van der Waals surface area contributed by atoms with E-state index in [1.165, 1.54) is 97.6 Å². The van der Waals surface area contributed by atoms with Gasteiger partial charge < -0.3 is 9.80 Å². The minimum atomic E-state index is 1.20. The molecule has 2 saturated heterocycles. The van der Waals surface area contributed by atoms with Crippen LogP contribution >= 0.6 is 0 Å². The normalized spacial score (nSPS) is 18.6. The Kier molecular flexibility index (Phi) is 4.20. The lowest BCUT2D eigenvalue weighted by Crippen LogP contribution is -2.29. The molecule has 3 aromatic carbocycles. The summed E-state index contributed by atoms with van der Waals surface area (Å²) in [7, 11) is 0. The van der Waals surface area contributed by atoms with E-state index in [0.29, 0.717) is 0 Å². The maximum atomic E-state index is 2.59. The van der Waals surface area contributed by atoms with E-state index in [1.807, 2.05) is 0 Å². The van der Waals surface area contributed by atoms with Crippen LogP contribution in [0.2, 0.25) is 0 Å². The third-order valence-electron chi connectivity index (χ3n) is 6.23. The third kappa shape index (κ3) is 2.82. The summed E-state index contributed by atoms with van der Waals surface area (Å²) < 4.78 is 0. The second-order valence-corrected chi connectivity index (χ2v) is 7.94. The van der Waals surface area contributed by atoms with E-state index in [9.17, 15) is 0 Å². The molecular weight excluding hydrogens is 316 g/mol. The summed E-state index contributed by atoms with van der Waals surface area (Å²) in [5.74, 6) is 0. The lowest BCUT2D eigenvalue weighted by molar-refractivity contribution is 0.579. The zero-order valence-electron chi connectivity index (χ0n) is 15.6. The molecule has 0 N–H and O–H groups in total. The van der Waals surface area contributed by atoms with E-state index < -0.39 is 0 Å². The van der Waals surface area contributed by atoms with E-state index >= 15 is 0 Å². The van der Waals surface area contributed by atoms with Crippen LogP contribution in [-0.2, 0) is 0 Å². The Morgan fingerprint density at radius 3 is 1.35 bits per heavy atom. The van der Waals surface area contributed by atoms with E-state index in [4.69, 9.17) is 0 Å². The molecule has 2 heterocycles. The summed E-state index contributed by atoms with van der Waals surface area (Å²) in [5.41, 5.74) is 2.85. The van der Waals surface area contributed by atoms with Crippen molar-refractivity contribution < 1.29 is 0 Å². The van der Waals surface area contributed by atoms with Crippen LogP contribution in [0.15, 0.2) is 48.5 Å². The van der Waals surface area contributed by atoms with Crippen LogP contribution in [0.3, 0.4) is 0 Å². The Morgan fingerprint density at radius 2 is 0.923 bits per heavy atom. The molecule has 0 amide bonds. The van der Waals surface area contributed by atoms with Gasteiger partial charge in [-0.05, 0) is 73.6 Å². The zero-order chi connectivity index (χ0) is 17.3. The largest absolute Gasteiger partial charge is 0.371 e. The first-order chi connectivity index (χ1) is 12.9. The van der Waals surface area contributed by atoms with Crippen LogP contribution in [-0.4, -0.2) is 26.2 Å². The van der Waals surface area contributed by atoms with Crippen molar-refractivity contribution in [2.75, 3.05) is 36.0 Å². The number of nitrogens with zero attached hydrogens (tertiary/aromatic N) is 2. The summed E-state index contributed by atoms with van der Waals surface area (Å²) in [4.78, 5) is 5.18. The van der Waals surface area contributed by atoms with Crippen molar-refractivity contribution in [3.63, 3.8) is 0 Å². The van der Waals surface area contributed by atoms with Crippen molar-refractivity contribution in [1.82, 2.24) is 0 Å². The Bertz CT molecular complexity index is 841. The molecule has 5 rings (SSSR count). The summed E-state index contributed by atoms with van der Waals surface area (Å²) in [6.07, 6.45) is 8.05. The molecule has 0 aliphatic carbocycles. The average Bonchev–Trinajstić information content (AvgIpc) is 2.72. The van der Waals surface area contributed by atoms with Crippen molar-refractivity contribution in [2.24, 2.45) is 0 Å². The standard InChI is InChI=1S/C24H28N2/c1-3-13-25(14-4-1)23-11-7-9-19-18-22-20(17-21(19)23)10-8-12-24(22)26-15-5-2-6-16-26/h7-12,17-18H,1-6,13-16H2. The fraction of sp³-hybridized carbons (Fsp3) is 0.417.